The third kappa shape index (κ3) is 4.01. The van der Waals surface area contributed by atoms with Crippen molar-refractivity contribution in [1.29, 1.82) is 0 Å². The van der Waals surface area contributed by atoms with E-state index < -0.39 is 0 Å². The smallest absolute Gasteiger partial charge is 0.0977 e. The number of nitrogens with zero attached hydrogens (tertiary/aromatic N) is 5. The van der Waals surface area contributed by atoms with Crippen LogP contribution >= 0.6 is 0 Å². The number of fused-ring (bicyclic) bond motifs is 12. The molecule has 7 heterocycles. The third-order valence-electron chi connectivity index (χ3n) is 11.8. The Morgan fingerprint density at radius 1 is 0.304 bits per heavy atom. The van der Waals surface area contributed by atoms with Crippen LogP contribution in [0.2, 0.25) is 0 Å². The molecule has 0 radical (unpaired) electrons. The predicted octanol–water partition coefficient (Wildman–Crippen LogP) is 12.8. The first-order chi connectivity index (χ1) is 27.8. The fraction of sp³-hybridized carbons (Fsp3) is 0. The van der Waals surface area contributed by atoms with Gasteiger partial charge in [0.25, 0.3) is 0 Å². The van der Waals surface area contributed by atoms with E-state index in [4.69, 9.17) is 15.0 Å². The van der Waals surface area contributed by atoms with Crippen LogP contribution in [-0.2, 0) is 0 Å². The lowest BCUT2D eigenvalue weighted by atomic mass is 10.0. The molecule has 0 unspecified atom stereocenters. The molecule has 0 aliphatic carbocycles. The molecule has 0 atom stereocenters. The minimum absolute atomic E-state index is 0.955. The summed E-state index contributed by atoms with van der Waals surface area (Å²) in [6.45, 7) is 0. The molecule has 56 heavy (non-hydrogen) atoms. The highest BCUT2D eigenvalue weighted by atomic mass is 15.0. The van der Waals surface area contributed by atoms with Gasteiger partial charge in [-0.15, -0.1) is 0 Å². The SMILES string of the molecule is c1ccc(-c2ccc3c(c2)c2cc(-c4ccccc4)nc4c5cc6c7nc(-c8ccccc8)cc8c9cc(-c%10ccccc%10)ncc9n(c6cc5n3c24)c87)cc1. The van der Waals surface area contributed by atoms with Gasteiger partial charge in [0.1, 0.15) is 0 Å². The van der Waals surface area contributed by atoms with E-state index in [2.05, 4.69) is 173 Å². The monoisotopic (exact) mass is 711 g/mol. The number of hydrogen-bond acceptors (Lipinski definition) is 3. The Morgan fingerprint density at radius 3 is 1.32 bits per heavy atom. The summed E-state index contributed by atoms with van der Waals surface area (Å²) in [6, 6.07) is 60.5. The predicted molar refractivity (Wildman–Crippen MR) is 231 cm³/mol. The second-order valence-corrected chi connectivity index (χ2v) is 14.8. The molecule has 0 fully saturated rings. The summed E-state index contributed by atoms with van der Waals surface area (Å²) in [5.41, 5.74) is 17.3. The van der Waals surface area contributed by atoms with Gasteiger partial charge in [0.2, 0.25) is 0 Å². The number of aromatic nitrogens is 5. The zero-order chi connectivity index (χ0) is 36.5. The second-order valence-electron chi connectivity index (χ2n) is 14.8. The molecule has 0 spiro atoms. The average molecular weight is 712 g/mol. The fourth-order valence-electron chi connectivity index (χ4n) is 9.26. The van der Waals surface area contributed by atoms with Gasteiger partial charge in [-0.2, -0.15) is 0 Å². The van der Waals surface area contributed by atoms with Crippen LogP contribution in [0.15, 0.2) is 176 Å². The largest absolute Gasteiger partial charge is 0.306 e. The Kier molecular flexibility index (Phi) is 5.83. The highest BCUT2D eigenvalue weighted by Crippen LogP contribution is 2.46. The first-order valence-corrected chi connectivity index (χ1v) is 19.0. The molecule has 5 heteroatoms. The highest BCUT2D eigenvalue weighted by Gasteiger charge is 2.25. The lowest BCUT2D eigenvalue weighted by Crippen LogP contribution is -1.87. The van der Waals surface area contributed by atoms with Crippen LogP contribution in [0.25, 0.3) is 121 Å². The number of hydrogen-bond donors (Lipinski definition) is 0. The van der Waals surface area contributed by atoms with Gasteiger partial charge in [0.15, 0.2) is 0 Å². The Labute approximate surface area is 320 Å². The first-order valence-electron chi connectivity index (χ1n) is 19.0. The van der Waals surface area contributed by atoms with Gasteiger partial charge in [0.05, 0.1) is 67.4 Å². The number of pyridine rings is 3. The third-order valence-corrected chi connectivity index (χ3v) is 11.8. The van der Waals surface area contributed by atoms with Crippen molar-refractivity contribution in [1.82, 2.24) is 23.8 Å². The molecule has 7 aromatic heterocycles. The standard InChI is InChI=1S/C51H29N5/c1-5-13-30(14-6-1)34-21-22-44-35(23-34)37-26-42(32-17-9-3-10-18-32)53-48-39-24-40-46(28-45(39)55(44)50(37)48)56-47-29-52-41(31-15-7-2-8-16-31)25-36(47)38-27-43(54-49(40)51(38)56)33-19-11-4-12-20-33/h1-29H. The van der Waals surface area contributed by atoms with E-state index in [-0.39, 0.29) is 0 Å². The molecule has 5 nitrogen and oxygen atoms in total. The minimum Gasteiger partial charge on any atom is -0.306 e. The van der Waals surface area contributed by atoms with E-state index in [0.717, 1.165) is 83.2 Å². The lowest BCUT2D eigenvalue weighted by Gasteiger charge is -2.06. The lowest BCUT2D eigenvalue weighted by molar-refractivity contribution is 1.30. The van der Waals surface area contributed by atoms with Crippen LogP contribution in [-0.4, -0.2) is 23.8 Å². The normalized spacial score (nSPS) is 12.3. The van der Waals surface area contributed by atoms with Crippen molar-refractivity contribution in [3.8, 4) is 44.9 Å². The molecule has 0 aliphatic heterocycles. The molecule has 0 saturated carbocycles. The van der Waals surface area contributed by atoms with Crippen LogP contribution < -0.4 is 0 Å². The quantitative estimate of drug-likeness (QED) is 0.183. The van der Waals surface area contributed by atoms with Gasteiger partial charge in [-0.25, -0.2) is 9.97 Å². The van der Waals surface area contributed by atoms with E-state index in [9.17, 15) is 0 Å². The molecule has 6 aromatic carbocycles. The maximum Gasteiger partial charge on any atom is 0.0977 e. The van der Waals surface area contributed by atoms with Crippen molar-refractivity contribution in [3.63, 3.8) is 0 Å². The fourth-order valence-corrected chi connectivity index (χ4v) is 9.26. The van der Waals surface area contributed by atoms with Crippen LogP contribution in [0.5, 0.6) is 0 Å². The van der Waals surface area contributed by atoms with Crippen molar-refractivity contribution in [2.75, 3.05) is 0 Å². The number of benzene rings is 6. The Balaban J connectivity index is 1.18. The molecule has 0 bridgehead atoms. The summed E-state index contributed by atoms with van der Waals surface area (Å²) in [5, 5.41) is 6.99. The molecule has 13 rings (SSSR count). The first kappa shape index (κ1) is 29.8. The zero-order valence-corrected chi connectivity index (χ0v) is 30.0. The van der Waals surface area contributed by atoms with E-state index in [1.165, 1.54) is 38.2 Å². The van der Waals surface area contributed by atoms with E-state index >= 15 is 0 Å². The zero-order valence-electron chi connectivity index (χ0n) is 30.0. The van der Waals surface area contributed by atoms with Gasteiger partial charge in [0, 0.05) is 49.0 Å². The summed E-state index contributed by atoms with van der Waals surface area (Å²) in [6.07, 6.45) is 2.04. The van der Waals surface area contributed by atoms with Crippen molar-refractivity contribution in [2.24, 2.45) is 0 Å². The van der Waals surface area contributed by atoms with Crippen molar-refractivity contribution in [2.45, 2.75) is 0 Å². The Hall–Kier alpha value is -7.63. The summed E-state index contributed by atoms with van der Waals surface area (Å²) in [5.74, 6) is 0. The van der Waals surface area contributed by atoms with Crippen LogP contribution in [0.3, 0.4) is 0 Å². The van der Waals surface area contributed by atoms with Crippen LogP contribution in [0, 0.1) is 0 Å². The highest BCUT2D eigenvalue weighted by molar-refractivity contribution is 6.28. The van der Waals surface area contributed by atoms with Gasteiger partial charge < -0.3 is 8.80 Å². The summed E-state index contributed by atoms with van der Waals surface area (Å²) in [4.78, 5) is 16.0. The molecule has 0 saturated heterocycles. The molecular weight excluding hydrogens is 683 g/mol. The molecule has 0 aliphatic rings. The van der Waals surface area contributed by atoms with E-state index in [1.54, 1.807) is 0 Å². The molecule has 0 N–H and O–H groups in total. The van der Waals surface area contributed by atoms with Gasteiger partial charge >= 0.3 is 0 Å². The molecule has 13 aromatic rings. The van der Waals surface area contributed by atoms with Crippen molar-refractivity contribution >= 4 is 76.5 Å². The van der Waals surface area contributed by atoms with Crippen molar-refractivity contribution in [3.05, 3.63) is 176 Å². The maximum atomic E-state index is 5.47. The van der Waals surface area contributed by atoms with Crippen LogP contribution in [0.4, 0.5) is 0 Å². The van der Waals surface area contributed by atoms with Gasteiger partial charge in [-0.05, 0) is 53.6 Å². The molecule has 0 amide bonds. The topological polar surface area (TPSA) is 47.5 Å². The second kappa shape index (κ2) is 11.0. The van der Waals surface area contributed by atoms with E-state index in [1.807, 2.05) is 12.3 Å². The molecule has 258 valence electrons. The van der Waals surface area contributed by atoms with Gasteiger partial charge in [-0.3, -0.25) is 4.98 Å². The number of rotatable bonds is 4. The van der Waals surface area contributed by atoms with E-state index in [0.29, 0.717) is 0 Å². The van der Waals surface area contributed by atoms with Crippen molar-refractivity contribution < 1.29 is 0 Å². The Bertz CT molecular complexity index is 3420. The minimum atomic E-state index is 0.955. The summed E-state index contributed by atoms with van der Waals surface area (Å²) < 4.78 is 4.83. The van der Waals surface area contributed by atoms with Crippen LogP contribution in [0.1, 0.15) is 0 Å². The maximum absolute atomic E-state index is 5.47. The molecular formula is C51H29N5. The van der Waals surface area contributed by atoms with Gasteiger partial charge in [-0.1, -0.05) is 127 Å². The average Bonchev–Trinajstić information content (AvgIpc) is 3.99. The Morgan fingerprint density at radius 2 is 0.768 bits per heavy atom. The summed E-state index contributed by atoms with van der Waals surface area (Å²) >= 11 is 0. The summed E-state index contributed by atoms with van der Waals surface area (Å²) in [7, 11) is 0.